The molecule has 1 aliphatic carbocycles. The highest BCUT2D eigenvalue weighted by Gasteiger charge is 2.74. The van der Waals surface area contributed by atoms with Crippen LogP contribution in [0.15, 0.2) is 102 Å². The van der Waals surface area contributed by atoms with E-state index in [4.69, 9.17) is 4.84 Å². The van der Waals surface area contributed by atoms with Gasteiger partial charge in [-0.05, 0) is 30.5 Å². The first-order valence-electron chi connectivity index (χ1n) is 14.3. The molecule has 0 N–H and O–H groups in total. The number of hydrogen-bond donors (Lipinski definition) is 0. The van der Waals surface area contributed by atoms with Crippen LogP contribution in [0.1, 0.15) is 72.0 Å². The molecule has 8 rings (SSSR count). The summed E-state index contributed by atoms with van der Waals surface area (Å²) in [5.74, 6) is -1.46. The van der Waals surface area contributed by atoms with E-state index in [0.717, 1.165) is 39.1 Å². The molecule has 3 aliphatic heterocycles. The van der Waals surface area contributed by atoms with E-state index in [0.29, 0.717) is 11.1 Å². The van der Waals surface area contributed by atoms with Crippen molar-refractivity contribution in [3.05, 3.63) is 142 Å². The van der Waals surface area contributed by atoms with E-state index in [1.54, 1.807) is 24.3 Å². The Hall–Kier alpha value is -4.86. The van der Waals surface area contributed by atoms with Gasteiger partial charge < -0.3 is 4.84 Å². The molecule has 0 radical (unpaired) electrons. The van der Waals surface area contributed by atoms with Crippen molar-refractivity contribution in [1.29, 1.82) is 5.26 Å². The van der Waals surface area contributed by atoms with Gasteiger partial charge in [-0.25, -0.2) is 4.90 Å². The Bertz CT molecular complexity index is 1850. The van der Waals surface area contributed by atoms with Crippen LogP contribution in [-0.4, -0.2) is 34.4 Å². The summed E-state index contributed by atoms with van der Waals surface area (Å²) in [5.41, 5.74) is 5.81. The van der Waals surface area contributed by atoms with Crippen molar-refractivity contribution in [2.45, 2.75) is 44.0 Å². The number of carbonyl (C=O) groups is 2. The molecule has 5 atom stereocenters. The maximum absolute atomic E-state index is 14.8. The topological polar surface area (TPSA) is 82.8 Å². The molecule has 0 amide bonds. The zero-order valence-electron chi connectivity index (χ0n) is 23.2. The van der Waals surface area contributed by atoms with E-state index in [1.165, 1.54) is 0 Å². The summed E-state index contributed by atoms with van der Waals surface area (Å²) in [7, 11) is 0. The monoisotopic (exact) mass is 549 g/mol. The van der Waals surface area contributed by atoms with Crippen molar-refractivity contribution >= 4 is 17.3 Å². The van der Waals surface area contributed by atoms with Gasteiger partial charge in [0, 0.05) is 22.6 Å². The quantitative estimate of drug-likeness (QED) is 0.276. The van der Waals surface area contributed by atoms with Gasteiger partial charge in [0.1, 0.15) is 11.5 Å². The van der Waals surface area contributed by atoms with Crippen LogP contribution in [0.4, 0.5) is 0 Å². The molecule has 0 bridgehead atoms. The average molecular weight is 550 g/mol. The normalized spacial score (nSPS) is 26.6. The number of nitriles is 1. The first-order valence-corrected chi connectivity index (χ1v) is 14.3. The fraction of sp³-hybridized carbons (Fsp3) is 0.222. The molecule has 204 valence electrons. The lowest BCUT2D eigenvalue weighted by molar-refractivity contribution is -0.0771. The van der Waals surface area contributed by atoms with E-state index in [2.05, 4.69) is 17.3 Å². The Balaban J connectivity index is 1.41. The van der Waals surface area contributed by atoms with Crippen molar-refractivity contribution in [3.8, 4) is 6.07 Å². The summed E-state index contributed by atoms with van der Waals surface area (Å²) >= 11 is 0. The van der Waals surface area contributed by atoms with Crippen molar-refractivity contribution in [2.75, 3.05) is 0 Å². The van der Waals surface area contributed by atoms with Gasteiger partial charge in [-0.15, -0.1) is 0 Å². The average Bonchev–Trinajstić information content (AvgIpc) is 3.65. The van der Waals surface area contributed by atoms with Crippen LogP contribution < -0.4 is 0 Å². The standard InChI is InChI=1S/C36H27N3O3/c1-20-14-16-22(17-15-20)31-29-24-10-3-4-11-25(24)32-36(33(40)26-12-5-6-13-27(26)34(36)41)30(23-9-7-8-21(2)18-23)28(19-37)39(32)35(29)42-38-31/h3-18,28-30,32,35H,1-2H3/t28-,29-,30-,32-,35+/m0/s1. The molecule has 4 aromatic carbocycles. The van der Waals surface area contributed by atoms with Crippen molar-refractivity contribution < 1.29 is 14.4 Å². The van der Waals surface area contributed by atoms with Crippen molar-refractivity contribution in [3.63, 3.8) is 0 Å². The third kappa shape index (κ3) is 3.04. The number of hydrogen-bond acceptors (Lipinski definition) is 6. The number of rotatable bonds is 2. The predicted octanol–water partition coefficient (Wildman–Crippen LogP) is 6.26. The summed E-state index contributed by atoms with van der Waals surface area (Å²) in [5, 5.41) is 15.5. The highest BCUT2D eigenvalue weighted by Crippen LogP contribution is 2.67. The molecule has 1 spiro atoms. The van der Waals surface area contributed by atoms with Crippen LogP contribution in [0, 0.1) is 30.6 Å². The second kappa shape index (κ2) is 8.82. The van der Waals surface area contributed by atoms with Gasteiger partial charge in [0.25, 0.3) is 0 Å². The Morgan fingerprint density at radius 3 is 2.14 bits per heavy atom. The van der Waals surface area contributed by atoms with Gasteiger partial charge in [0.15, 0.2) is 17.8 Å². The van der Waals surface area contributed by atoms with Gasteiger partial charge >= 0.3 is 0 Å². The minimum atomic E-state index is -1.53. The minimum Gasteiger partial charge on any atom is -0.375 e. The van der Waals surface area contributed by atoms with Gasteiger partial charge in [-0.2, -0.15) is 5.26 Å². The molecule has 3 heterocycles. The summed E-state index contributed by atoms with van der Waals surface area (Å²) in [6.07, 6.45) is -0.651. The number of aryl methyl sites for hydroxylation is 2. The maximum Gasteiger partial charge on any atom is 0.195 e. The SMILES string of the molecule is Cc1ccc(C2=NO[C@@H]3[C@H]2c2ccccc2[C@@H]2N3[C@@H](C#N)[C@H](c3cccc(C)c3)C23C(=O)c2ccccc2C3=O)cc1. The smallest absolute Gasteiger partial charge is 0.195 e. The number of Topliss-reactive ketones (excluding diaryl/α,β-unsaturated/α-hetero) is 2. The predicted molar refractivity (Wildman–Crippen MR) is 157 cm³/mol. The molecule has 1 fully saturated rings. The number of oxime groups is 1. The molecule has 0 aromatic heterocycles. The van der Waals surface area contributed by atoms with Gasteiger partial charge in [-0.1, -0.05) is 113 Å². The molecule has 4 aliphatic rings. The number of carbonyl (C=O) groups excluding carboxylic acids is 2. The van der Waals surface area contributed by atoms with Gasteiger partial charge in [0.05, 0.1) is 23.7 Å². The lowest BCUT2D eigenvalue weighted by Gasteiger charge is -2.43. The lowest BCUT2D eigenvalue weighted by Crippen LogP contribution is -2.51. The Kier molecular flexibility index (Phi) is 5.23. The fourth-order valence-electron chi connectivity index (χ4n) is 8.00. The summed E-state index contributed by atoms with van der Waals surface area (Å²) < 4.78 is 0. The van der Waals surface area contributed by atoms with Gasteiger partial charge in [-0.3, -0.25) is 9.59 Å². The van der Waals surface area contributed by atoms with Crippen LogP contribution in [0.2, 0.25) is 0 Å². The third-order valence-electron chi connectivity index (χ3n) is 9.66. The molecule has 1 saturated heterocycles. The maximum atomic E-state index is 14.8. The number of benzene rings is 4. The van der Waals surface area contributed by atoms with Crippen LogP contribution in [-0.2, 0) is 4.84 Å². The molecule has 6 heteroatoms. The molecule has 42 heavy (non-hydrogen) atoms. The lowest BCUT2D eigenvalue weighted by atomic mass is 9.62. The van der Waals surface area contributed by atoms with Crippen LogP contribution in [0.3, 0.4) is 0 Å². The van der Waals surface area contributed by atoms with Crippen LogP contribution in [0.25, 0.3) is 0 Å². The van der Waals surface area contributed by atoms with E-state index >= 15 is 0 Å². The van der Waals surface area contributed by atoms with Gasteiger partial charge in [0.2, 0.25) is 0 Å². The molecule has 4 aromatic rings. The Labute approximate surface area is 243 Å². The van der Waals surface area contributed by atoms with E-state index < -0.39 is 29.6 Å². The van der Waals surface area contributed by atoms with Crippen LogP contribution in [0.5, 0.6) is 0 Å². The molecule has 0 saturated carbocycles. The third-order valence-corrected chi connectivity index (χ3v) is 9.66. The van der Waals surface area contributed by atoms with Crippen molar-refractivity contribution in [1.82, 2.24) is 4.90 Å². The number of nitrogens with zero attached hydrogens (tertiary/aromatic N) is 3. The second-order valence-electron chi connectivity index (χ2n) is 11.8. The first-order chi connectivity index (χ1) is 20.5. The fourth-order valence-corrected chi connectivity index (χ4v) is 8.00. The summed E-state index contributed by atoms with van der Waals surface area (Å²) in [6, 6.07) is 32.1. The highest BCUT2D eigenvalue weighted by atomic mass is 16.7. The number of fused-ring (bicyclic) bond motifs is 8. The Morgan fingerprint density at radius 2 is 1.48 bits per heavy atom. The second-order valence-corrected chi connectivity index (χ2v) is 11.8. The van der Waals surface area contributed by atoms with Crippen LogP contribution >= 0.6 is 0 Å². The Morgan fingerprint density at radius 1 is 0.810 bits per heavy atom. The van der Waals surface area contributed by atoms with E-state index in [-0.39, 0.29) is 17.5 Å². The summed E-state index contributed by atoms with van der Waals surface area (Å²) in [6.45, 7) is 4.03. The molecular weight excluding hydrogens is 522 g/mol. The number of ketones is 2. The van der Waals surface area contributed by atoms with E-state index in [9.17, 15) is 14.9 Å². The zero-order valence-corrected chi connectivity index (χ0v) is 23.2. The minimum absolute atomic E-state index is 0.228. The molecule has 6 nitrogen and oxygen atoms in total. The highest BCUT2D eigenvalue weighted by molar-refractivity contribution is 6.31. The first kappa shape index (κ1) is 24.9. The molecule has 0 unspecified atom stereocenters. The largest absolute Gasteiger partial charge is 0.375 e. The van der Waals surface area contributed by atoms with Crippen molar-refractivity contribution in [2.24, 2.45) is 10.6 Å². The summed E-state index contributed by atoms with van der Waals surface area (Å²) in [4.78, 5) is 37.9. The van der Waals surface area contributed by atoms with E-state index in [1.807, 2.05) is 85.5 Å². The zero-order chi connectivity index (χ0) is 28.7. The molecular formula is C36H27N3O3.